The SMILES string of the molecule is O=S(=O)([O-])c1c(F)c(F)c(OS(=O)(=O)c2c(C3CC4OC3C3C5CCC(O5)C43)cc(C3CC4OC3C3C5CCC(O5)C43)cc2C2CC3OC2C2C4CCC(O4)C32)c(F)c1F. The van der Waals surface area contributed by atoms with Crippen molar-refractivity contribution in [1.29, 1.82) is 0 Å². The van der Waals surface area contributed by atoms with Crippen molar-refractivity contribution >= 4 is 20.2 Å². The van der Waals surface area contributed by atoms with Gasteiger partial charge in [0.1, 0.15) is 19.9 Å². The highest BCUT2D eigenvalue weighted by molar-refractivity contribution is 7.87. The Kier molecular flexibility index (Phi) is 7.41. The molecular weight excluding hydrogens is 837 g/mol. The first-order valence-corrected chi connectivity index (χ1v) is 24.4. The minimum atomic E-state index is -6.07. The van der Waals surface area contributed by atoms with Crippen LogP contribution < -0.4 is 4.18 Å². The second-order valence-electron chi connectivity index (χ2n) is 19.7. The van der Waals surface area contributed by atoms with Gasteiger partial charge in [-0.3, -0.25) is 0 Å². The minimum Gasteiger partial charge on any atom is -0.744 e. The van der Waals surface area contributed by atoms with Crippen LogP contribution in [0.2, 0.25) is 0 Å². The molecule has 0 radical (unpaired) electrons. The van der Waals surface area contributed by atoms with Gasteiger partial charge in [-0.1, -0.05) is 12.1 Å². The molecule has 14 rings (SSSR count). The van der Waals surface area contributed by atoms with Crippen molar-refractivity contribution in [2.45, 2.75) is 159 Å². The molecule has 0 aromatic heterocycles. The standard InChI is InChI=1S/C42H42F4O12S2/c43-33-35(45)42(59(47,48)49)36(46)34(44)40(33)58-60(50,51)41-16(14-10-25-28-19-2-5-22(53-19)31(28)38(14)56-25)7-12(13-9-24-27-18-1-4-21(52-18)30(27)37(13)55-24)8-17(41)15-11-26-29-20-3-6-23(54-20)32(29)39(15)57-26/h7-8,13-15,18-32,37-39H,1-6,9-11H2,(H,47,48,49)/p-1. The van der Waals surface area contributed by atoms with Gasteiger partial charge in [-0.15, -0.1) is 0 Å². The highest BCUT2D eigenvalue weighted by Gasteiger charge is 2.69. The van der Waals surface area contributed by atoms with Gasteiger partial charge in [0, 0.05) is 53.3 Å². The van der Waals surface area contributed by atoms with Crippen molar-refractivity contribution in [3.8, 4) is 5.75 Å². The maximum atomic E-state index is 15.7. The molecule has 21 atom stereocenters. The van der Waals surface area contributed by atoms with Crippen molar-refractivity contribution in [3.05, 3.63) is 52.1 Å². The Labute approximate surface area is 342 Å². The summed E-state index contributed by atoms with van der Waals surface area (Å²) in [6.07, 6.45) is 5.76. The Morgan fingerprint density at radius 2 is 0.850 bits per heavy atom. The largest absolute Gasteiger partial charge is 0.744 e. The van der Waals surface area contributed by atoms with E-state index in [9.17, 15) is 13.0 Å². The van der Waals surface area contributed by atoms with Crippen LogP contribution in [0.3, 0.4) is 0 Å². The van der Waals surface area contributed by atoms with Crippen LogP contribution in [0.25, 0.3) is 0 Å². The number of halogens is 4. The molecule has 60 heavy (non-hydrogen) atoms. The first-order chi connectivity index (χ1) is 28.7. The maximum Gasteiger partial charge on any atom is 0.339 e. The summed E-state index contributed by atoms with van der Waals surface area (Å²) >= 11 is 0. The number of rotatable bonds is 7. The Morgan fingerprint density at radius 3 is 1.25 bits per heavy atom. The fraction of sp³-hybridized carbons (Fsp3) is 0.714. The summed E-state index contributed by atoms with van der Waals surface area (Å²) in [5, 5.41) is 0. The van der Waals surface area contributed by atoms with Crippen LogP contribution in [0.1, 0.15) is 92.2 Å². The normalized spacial score (nSPS) is 49.2. The van der Waals surface area contributed by atoms with Crippen LogP contribution in [0.4, 0.5) is 17.6 Å². The predicted octanol–water partition coefficient (Wildman–Crippen LogP) is 5.06. The third kappa shape index (κ3) is 4.61. The van der Waals surface area contributed by atoms with Gasteiger partial charge < -0.3 is 37.2 Å². The van der Waals surface area contributed by atoms with Crippen LogP contribution in [0, 0.1) is 58.8 Å². The fourth-order valence-electron chi connectivity index (χ4n) is 15.8. The zero-order valence-electron chi connectivity index (χ0n) is 31.9. The molecule has 12 saturated heterocycles. The van der Waals surface area contributed by atoms with Crippen molar-refractivity contribution < 1.29 is 71.6 Å². The zero-order chi connectivity index (χ0) is 40.6. The van der Waals surface area contributed by atoms with Crippen LogP contribution in [0.5, 0.6) is 5.75 Å². The van der Waals surface area contributed by atoms with E-state index in [1.54, 1.807) is 0 Å². The summed E-state index contributed by atoms with van der Waals surface area (Å²) in [6.45, 7) is 0. The van der Waals surface area contributed by atoms with E-state index >= 15 is 26.0 Å². The van der Waals surface area contributed by atoms with Crippen molar-refractivity contribution in [1.82, 2.24) is 0 Å². The average Bonchev–Trinajstić information content (AvgIpc) is 4.07. The first kappa shape index (κ1) is 37.0. The molecule has 322 valence electrons. The predicted molar refractivity (Wildman–Crippen MR) is 191 cm³/mol. The number of ether oxygens (including phenoxy) is 6. The molecule has 2 aromatic carbocycles. The first-order valence-electron chi connectivity index (χ1n) is 21.6. The lowest BCUT2D eigenvalue weighted by Crippen LogP contribution is -2.41. The molecule has 12 aliphatic heterocycles. The second-order valence-corrected chi connectivity index (χ2v) is 22.5. The lowest BCUT2D eigenvalue weighted by Gasteiger charge is -2.38. The molecule has 12 bridgehead atoms. The summed E-state index contributed by atoms with van der Waals surface area (Å²) in [5.41, 5.74) is 1.51. The second kappa shape index (κ2) is 12.0. The van der Waals surface area contributed by atoms with E-state index in [0.717, 1.165) is 44.1 Å². The van der Waals surface area contributed by atoms with E-state index in [0.29, 0.717) is 36.3 Å². The maximum absolute atomic E-state index is 15.7. The Hall–Kier alpha value is -2.42. The molecule has 0 amide bonds. The van der Waals surface area contributed by atoms with Gasteiger partial charge in [-0.05, 0) is 74.5 Å². The van der Waals surface area contributed by atoms with Gasteiger partial charge in [0.05, 0.1) is 73.2 Å². The molecule has 0 aliphatic carbocycles. The van der Waals surface area contributed by atoms with Gasteiger partial charge in [-0.25, -0.2) is 17.2 Å². The van der Waals surface area contributed by atoms with E-state index in [4.69, 9.17) is 32.6 Å². The Morgan fingerprint density at radius 1 is 0.483 bits per heavy atom. The highest BCUT2D eigenvalue weighted by Crippen LogP contribution is 2.66. The van der Waals surface area contributed by atoms with E-state index in [1.165, 1.54) is 0 Å². The van der Waals surface area contributed by atoms with E-state index < -0.39 is 78.2 Å². The molecule has 0 saturated carbocycles. The summed E-state index contributed by atoms with van der Waals surface area (Å²) < 4.78 is 171. The van der Waals surface area contributed by atoms with Gasteiger partial charge in [0.15, 0.2) is 11.6 Å². The smallest absolute Gasteiger partial charge is 0.339 e. The molecule has 2 aromatic rings. The summed E-state index contributed by atoms with van der Waals surface area (Å²) in [5.74, 6) is -12.5. The van der Waals surface area contributed by atoms with Gasteiger partial charge in [0.25, 0.3) is 0 Å². The number of fused-ring (bicyclic) bond motifs is 27. The van der Waals surface area contributed by atoms with E-state index in [-0.39, 0.29) is 101 Å². The molecule has 12 fully saturated rings. The van der Waals surface area contributed by atoms with Crippen LogP contribution in [0.15, 0.2) is 21.9 Å². The van der Waals surface area contributed by atoms with Gasteiger partial charge in [-0.2, -0.15) is 17.2 Å². The quantitative estimate of drug-likeness (QED) is 0.158. The summed E-state index contributed by atoms with van der Waals surface area (Å²) in [6, 6.07) is 3.71. The minimum absolute atomic E-state index is 0.00807. The molecule has 18 heteroatoms. The monoisotopic (exact) mass is 877 g/mol. The topological polar surface area (TPSA) is 156 Å². The number of benzene rings is 2. The molecular formula is C42H41F4O12S2-. The average molecular weight is 878 g/mol. The van der Waals surface area contributed by atoms with Gasteiger partial charge >= 0.3 is 10.1 Å². The summed E-state index contributed by atoms with van der Waals surface area (Å²) in [4.78, 5) is -2.78. The highest BCUT2D eigenvalue weighted by atomic mass is 32.2. The molecule has 12 nitrogen and oxygen atoms in total. The molecule has 12 aliphatic rings. The Balaban J connectivity index is 0.951. The third-order valence-electron chi connectivity index (χ3n) is 17.5. The van der Waals surface area contributed by atoms with Crippen LogP contribution in [-0.4, -0.2) is 94.6 Å². The van der Waals surface area contributed by atoms with Crippen molar-refractivity contribution in [2.24, 2.45) is 35.5 Å². The fourth-order valence-corrected chi connectivity index (χ4v) is 17.8. The Bertz CT molecular complexity index is 2400. The molecule has 0 N–H and O–H groups in total. The molecule has 21 unspecified atom stereocenters. The summed E-state index contributed by atoms with van der Waals surface area (Å²) in [7, 11) is -11.5. The van der Waals surface area contributed by atoms with Crippen molar-refractivity contribution in [2.75, 3.05) is 0 Å². The van der Waals surface area contributed by atoms with E-state index in [1.807, 2.05) is 12.1 Å². The van der Waals surface area contributed by atoms with Crippen molar-refractivity contribution in [3.63, 3.8) is 0 Å². The van der Waals surface area contributed by atoms with Gasteiger partial charge in [0.2, 0.25) is 17.4 Å². The molecule has 12 heterocycles. The molecule has 0 spiro atoms. The number of hydrogen-bond donors (Lipinski definition) is 0. The lowest BCUT2D eigenvalue weighted by atomic mass is 9.63. The lowest BCUT2D eigenvalue weighted by molar-refractivity contribution is 0.00547. The van der Waals surface area contributed by atoms with Crippen LogP contribution in [-0.2, 0) is 48.7 Å². The van der Waals surface area contributed by atoms with Crippen LogP contribution >= 0.6 is 0 Å². The third-order valence-corrected chi connectivity index (χ3v) is 19.7. The van der Waals surface area contributed by atoms with E-state index in [2.05, 4.69) is 0 Å². The zero-order valence-corrected chi connectivity index (χ0v) is 33.5. The number of hydrogen-bond acceptors (Lipinski definition) is 12.